The van der Waals surface area contributed by atoms with Gasteiger partial charge in [0.1, 0.15) is 11.6 Å². The van der Waals surface area contributed by atoms with Crippen LogP contribution in [0.25, 0.3) is 0 Å². The van der Waals surface area contributed by atoms with Crippen LogP contribution >= 0.6 is 0 Å². The summed E-state index contributed by atoms with van der Waals surface area (Å²) in [4.78, 5) is 1.83. The summed E-state index contributed by atoms with van der Waals surface area (Å²) >= 11 is 0. The lowest BCUT2D eigenvalue weighted by atomic mass is 10.2. The summed E-state index contributed by atoms with van der Waals surface area (Å²) in [7, 11) is 1.80. The van der Waals surface area contributed by atoms with E-state index in [0.717, 1.165) is 6.07 Å². The standard InChI is InChI=1S/C11H15F2N3/c1-16(5-4-11(14)15)7-8-2-3-9(12)6-10(8)13/h2-3,6H,4-5,7H2,1H3,(H3,14,15). The van der Waals surface area contributed by atoms with Crippen molar-refractivity contribution in [1.29, 1.82) is 5.41 Å². The highest BCUT2D eigenvalue weighted by Gasteiger charge is 2.07. The maximum atomic E-state index is 13.3. The third kappa shape index (κ3) is 3.94. The molecule has 0 aliphatic carbocycles. The molecule has 0 heterocycles. The van der Waals surface area contributed by atoms with E-state index in [0.29, 0.717) is 25.1 Å². The fraction of sp³-hybridized carbons (Fsp3) is 0.364. The van der Waals surface area contributed by atoms with Crippen molar-refractivity contribution in [2.75, 3.05) is 13.6 Å². The molecule has 5 heteroatoms. The molecule has 16 heavy (non-hydrogen) atoms. The van der Waals surface area contributed by atoms with Crippen LogP contribution in [0.4, 0.5) is 8.78 Å². The highest BCUT2D eigenvalue weighted by atomic mass is 19.1. The van der Waals surface area contributed by atoms with E-state index in [-0.39, 0.29) is 5.84 Å². The summed E-state index contributed by atoms with van der Waals surface area (Å²) in [5.41, 5.74) is 5.65. The van der Waals surface area contributed by atoms with Crippen molar-refractivity contribution in [3.63, 3.8) is 0 Å². The minimum absolute atomic E-state index is 0.103. The summed E-state index contributed by atoms with van der Waals surface area (Å²) in [6, 6.07) is 3.53. The molecule has 0 aliphatic heterocycles. The first-order chi connectivity index (χ1) is 7.49. The Morgan fingerprint density at radius 2 is 2.12 bits per heavy atom. The van der Waals surface area contributed by atoms with E-state index in [1.54, 1.807) is 7.05 Å². The van der Waals surface area contributed by atoms with Crippen LogP contribution < -0.4 is 5.73 Å². The zero-order chi connectivity index (χ0) is 12.1. The van der Waals surface area contributed by atoms with Crippen molar-refractivity contribution in [3.05, 3.63) is 35.4 Å². The zero-order valence-electron chi connectivity index (χ0n) is 9.13. The molecule has 3 N–H and O–H groups in total. The van der Waals surface area contributed by atoms with Gasteiger partial charge < -0.3 is 10.6 Å². The van der Waals surface area contributed by atoms with Crippen molar-refractivity contribution < 1.29 is 8.78 Å². The fourth-order valence-corrected chi connectivity index (χ4v) is 1.33. The average molecular weight is 227 g/mol. The molecule has 3 nitrogen and oxygen atoms in total. The molecule has 0 aromatic heterocycles. The van der Waals surface area contributed by atoms with Crippen molar-refractivity contribution in [3.8, 4) is 0 Å². The maximum absolute atomic E-state index is 13.3. The molecule has 0 saturated heterocycles. The molecule has 0 atom stereocenters. The number of hydrogen-bond acceptors (Lipinski definition) is 2. The number of halogens is 2. The Morgan fingerprint density at radius 1 is 1.44 bits per heavy atom. The van der Waals surface area contributed by atoms with Crippen molar-refractivity contribution in [2.45, 2.75) is 13.0 Å². The minimum atomic E-state index is -0.576. The summed E-state index contributed by atoms with van der Waals surface area (Å²) in [6.45, 7) is 0.950. The number of benzene rings is 1. The van der Waals surface area contributed by atoms with Crippen molar-refractivity contribution >= 4 is 5.84 Å². The molecule has 0 spiro atoms. The predicted octanol–water partition coefficient (Wildman–Crippen LogP) is 1.72. The molecule has 0 fully saturated rings. The summed E-state index contributed by atoms with van der Waals surface area (Å²) in [5.74, 6) is -1.02. The Kier molecular flexibility index (Phi) is 4.37. The van der Waals surface area contributed by atoms with Crippen LogP contribution in [0.2, 0.25) is 0 Å². The Morgan fingerprint density at radius 3 is 2.69 bits per heavy atom. The smallest absolute Gasteiger partial charge is 0.130 e. The van der Waals surface area contributed by atoms with Gasteiger partial charge in [-0.1, -0.05) is 6.07 Å². The summed E-state index contributed by atoms with van der Waals surface area (Å²) < 4.78 is 25.9. The summed E-state index contributed by atoms with van der Waals surface area (Å²) in [6.07, 6.45) is 0.444. The van der Waals surface area contributed by atoms with E-state index in [9.17, 15) is 8.78 Å². The molecule has 1 rings (SSSR count). The van der Waals surface area contributed by atoms with Crippen LogP contribution in [0.5, 0.6) is 0 Å². The Labute approximate surface area is 93.4 Å². The summed E-state index contributed by atoms with van der Waals surface area (Å²) in [5, 5.41) is 7.07. The van der Waals surface area contributed by atoms with Gasteiger partial charge in [-0.05, 0) is 13.1 Å². The lowest BCUT2D eigenvalue weighted by molar-refractivity contribution is 0.330. The van der Waals surface area contributed by atoms with Crippen LogP contribution in [0, 0.1) is 17.0 Å². The van der Waals surface area contributed by atoms with Gasteiger partial charge in [0.25, 0.3) is 0 Å². The molecule has 0 radical (unpaired) electrons. The Balaban J connectivity index is 2.55. The molecule has 0 unspecified atom stereocenters. The highest BCUT2D eigenvalue weighted by molar-refractivity contribution is 5.76. The molecule has 0 amide bonds. The SMILES string of the molecule is CN(CCC(=N)N)Cc1ccc(F)cc1F. The van der Waals surface area contributed by atoms with Crippen LogP contribution in [-0.2, 0) is 6.54 Å². The monoisotopic (exact) mass is 227 g/mol. The molecule has 0 saturated carbocycles. The lowest BCUT2D eigenvalue weighted by Crippen LogP contribution is -2.24. The molecule has 1 aromatic carbocycles. The van der Waals surface area contributed by atoms with Crippen LogP contribution in [-0.4, -0.2) is 24.3 Å². The second-order valence-corrected chi connectivity index (χ2v) is 3.75. The first kappa shape index (κ1) is 12.6. The van der Waals surface area contributed by atoms with Crippen LogP contribution in [0.15, 0.2) is 18.2 Å². The Hall–Kier alpha value is -1.49. The molecule has 0 aliphatic rings. The first-order valence-corrected chi connectivity index (χ1v) is 4.94. The number of nitrogens with zero attached hydrogens (tertiary/aromatic N) is 1. The largest absolute Gasteiger partial charge is 0.388 e. The third-order valence-electron chi connectivity index (χ3n) is 2.22. The number of rotatable bonds is 5. The van der Waals surface area contributed by atoms with Gasteiger partial charge in [0, 0.05) is 31.1 Å². The molecular formula is C11H15F2N3. The van der Waals surface area contributed by atoms with E-state index < -0.39 is 11.6 Å². The lowest BCUT2D eigenvalue weighted by Gasteiger charge is -2.16. The van der Waals surface area contributed by atoms with Gasteiger partial charge >= 0.3 is 0 Å². The number of nitrogens with two attached hydrogens (primary N) is 1. The van der Waals surface area contributed by atoms with E-state index in [1.807, 2.05) is 4.90 Å². The number of hydrogen-bond donors (Lipinski definition) is 2. The van der Waals surface area contributed by atoms with Gasteiger partial charge in [-0.25, -0.2) is 8.78 Å². The molecule has 88 valence electrons. The quantitative estimate of drug-likeness (QED) is 0.594. The topological polar surface area (TPSA) is 53.1 Å². The average Bonchev–Trinajstić information content (AvgIpc) is 2.19. The Bertz CT molecular complexity index is 379. The minimum Gasteiger partial charge on any atom is -0.388 e. The fourth-order valence-electron chi connectivity index (χ4n) is 1.33. The highest BCUT2D eigenvalue weighted by Crippen LogP contribution is 2.11. The zero-order valence-corrected chi connectivity index (χ0v) is 9.13. The van der Waals surface area contributed by atoms with Gasteiger partial charge in [0.15, 0.2) is 0 Å². The number of amidine groups is 1. The first-order valence-electron chi connectivity index (χ1n) is 4.94. The molecule has 0 bridgehead atoms. The molecular weight excluding hydrogens is 212 g/mol. The maximum Gasteiger partial charge on any atom is 0.130 e. The van der Waals surface area contributed by atoms with Crippen LogP contribution in [0.3, 0.4) is 0 Å². The third-order valence-corrected chi connectivity index (χ3v) is 2.22. The second kappa shape index (κ2) is 5.55. The molecule has 1 aromatic rings. The van der Waals surface area contributed by atoms with Gasteiger partial charge in [-0.15, -0.1) is 0 Å². The van der Waals surface area contributed by atoms with Gasteiger partial charge in [0.05, 0.1) is 5.84 Å². The van der Waals surface area contributed by atoms with Gasteiger partial charge in [-0.3, -0.25) is 5.41 Å². The van der Waals surface area contributed by atoms with Gasteiger partial charge in [0.2, 0.25) is 0 Å². The van der Waals surface area contributed by atoms with Crippen molar-refractivity contribution in [2.24, 2.45) is 5.73 Å². The second-order valence-electron chi connectivity index (χ2n) is 3.75. The predicted molar refractivity (Wildman–Crippen MR) is 59.2 cm³/mol. The van der Waals surface area contributed by atoms with E-state index >= 15 is 0 Å². The number of nitrogens with one attached hydrogen (secondary N) is 1. The van der Waals surface area contributed by atoms with Crippen molar-refractivity contribution in [1.82, 2.24) is 4.90 Å². The van der Waals surface area contributed by atoms with E-state index in [4.69, 9.17) is 11.1 Å². The van der Waals surface area contributed by atoms with E-state index in [1.165, 1.54) is 12.1 Å². The van der Waals surface area contributed by atoms with Crippen LogP contribution in [0.1, 0.15) is 12.0 Å². The van der Waals surface area contributed by atoms with E-state index in [2.05, 4.69) is 0 Å². The van der Waals surface area contributed by atoms with Gasteiger partial charge in [-0.2, -0.15) is 0 Å². The normalized spacial score (nSPS) is 10.8.